The van der Waals surface area contributed by atoms with Crippen molar-refractivity contribution in [3.63, 3.8) is 0 Å². The molecule has 0 fully saturated rings. The van der Waals surface area contributed by atoms with Gasteiger partial charge in [0, 0.05) is 0 Å². The molecule has 0 radical (unpaired) electrons. The van der Waals surface area contributed by atoms with Gasteiger partial charge >= 0.3 is 0 Å². The molecule has 0 aromatic heterocycles. The lowest BCUT2D eigenvalue weighted by Crippen LogP contribution is -2.33. The predicted molar refractivity (Wildman–Crippen MR) is 73.2 cm³/mol. The monoisotopic (exact) mass is 267 g/mol. The minimum Gasteiger partial charge on any atom is -0.488 e. The van der Waals surface area contributed by atoms with E-state index < -0.39 is 11.8 Å². The van der Waals surface area contributed by atoms with Crippen LogP contribution in [0.2, 0.25) is 0 Å². The number of benzene rings is 1. The van der Waals surface area contributed by atoms with E-state index in [0.717, 1.165) is 11.3 Å². The largest absolute Gasteiger partial charge is 0.488 e. The number of nitrogens with two attached hydrogens (primary N) is 1. The molecule has 0 amide bonds. The fourth-order valence-corrected chi connectivity index (χ4v) is 1.49. The van der Waals surface area contributed by atoms with E-state index in [4.69, 9.17) is 10.5 Å². The molecular formula is C14H21NO4. The van der Waals surface area contributed by atoms with Crippen molar-refractivity contribution in [1.29, 1.82) is 0 Å². The zero-order chi connectivity index (χ0) is 13.8. The van der Waals surface area contributed by atoms with Crippen LogP contribution in [0.1, 0.15) is 26.3 Å². The Labute approximate surface area is 113 Å². The first kappa shape index (κ1) is 17.3. The van der Waals surface area contributed by atoms with Crippen LogP contribution in [0.5, 0.6) is 5.75 Å². The standard InChI is InChI=1S/C14H19NO3.H2O/c1-14(2,3)18-11-6-4-10(5-7-11)8-12(15)13(17)9-16;/h4-7,9,12H,8,15H2,1-3H3;1H2/t12-;/m0./s1. The molecule has 0 heterocycles. The molecule has 1 aromatic carbocycles. The van der Waals surface area contributed by atoms with Crippen LogP contribution in [0.15, 0.2) is 24.3 Å². The number of carbonyl (C=O) groups is 2. The number of Topliss-reactive ketones (excluding diaryl/α,β-unsaturated/α-hetero) is 1. The van der Waals surface area contributed by atoms with E-state index in [1.807, 2.05) is 45.0 Å². The first-order chi connectivity index (χ1) is 8.31. The van der Waals surface area contributed by atoms with Crippen molar-refractivity contribution in [2.45, 2.75) is 38.8 Å². The molecule has 1 rings (SSSR count). The van der Waals surface area contributed by atoms with Gasteiger partial charge in [-0.1, -0.05) is 12.1 Å². The summed E-state index contributed by atoms with van der Waals surface area (Å²) in [4.78, 5) is 21.4. The van der Waals surface area contributed by atoms with Crippen LogP contribution in [0, 0.1) is 0 Å². The van der Waals surface area contributed by atoms with E-state index in [1.54, 1.807) is 0 Å². The highest BCUT2D eigenvalue weighted by Crippen LogP contribution is 2.18. The summed E-state index contributed by atoms with van der Waals surface area (Å²) >= 11 is 0. The highest BCUT2D eigenvalue weighted by Gasteiger charge is 2.14. The van der Waals surface area contributed by atoms with Crippen LogP contribution in [-0.4, -0.2) is 29.2 Å². The molecule has 5 nitrogen and oxygen atoms in total. The molecule has 0 saturated heterocycles. The molecule has 1 aromatic rings. The molecule has 4 N–H and O–H groups in total. The van der Waals surface area contributed by atoms with E-state index in [0.29, 0.717) is 6.42 Å². The summed E-state index contributed by atoms with van der Waals surface area (Å²) in [6, 6.07) is 6.59. The van der Waals surface area contributed by atoms with Crippen LogP contribution < -0.4 is 10.5 Å². The molecule has 106 valence electrons. The Morgan fingerprint density at radius 1 is 1.32 bits per heavy atom. The van der Waals surface area contributed by atoms with Gasteiger partial charge in [-0.25, -0.2) is 0 Å². The van der Waals surface area contributed by atoms with E-state index >= 15 is 0 Å². The van der Waals surface area contributed by atoms with Gasteiger partial charge in [-0.2, -0.15) is 0 Å². The smallest absolute Gasteiger partial charge is 0.212 e. The summed E-state index contributed by atoms with van der Waals surface area (Å²) in [6.07, 6.45) is 0.620. The van der Waals surface area contributed by atoms with Crippen molar-refractivity contribution in [3.05, 3.63) is 29.8 Å². The van der Waals surface area contributed by atoms with Gasteiger partial charge in [0.2, 0.25) is 5.78 Å². The van der Waals surface area contributed by atoms with Gasteiger partial charge in [0.25, 0.3) is 0 Å². The molecule has 1 atom stereocenters. The minimum absolute atomic E-state index is 0. The van der Waals surface area contributed by atoms with Crippen LogP contribution in [0.3, 0.4) is 0 Å². The maximum absolute atomic E-state index is 11.1. The van der Waals surface area contributed by atoms with Gasteiger partial charge < -0.3 is 15.9 Å². The minimum atomic E-state index is -0.767. The molecule has 0 unspecified atom stereocenters. The van der Waals surface area contributed by atoms with Gasteiger partial charge in [-0.3, -0.25) is 9.59 Å². The molecule has 0 aliphatic rings. The molecule has 0 aliphatic heterocycles. The number of aldehydes is 1. The summed E-state index contributed by atoms with van der Waals surface area (Å²) in [5, 5.41) is 0. The quantitative estimate of drug-likeness (QED) is 0.626. The van der Waals surface area contributed by atoms with Gasteiger partial charge in [-0.05, 0) is 44.9 Å². The molecule has 0 spiro atoms. The fraction of sp³-hybridized carbons (Fsp3) is 0.429. The Hall–Kier alpha value is -1.72. The van der Waals surface area contributed by atoms with Crippen molar-refractivity contribution < 1.29 is 19.8 Å². The molecule has 5 heteroatoms. The van der Waals surface area contributed by atoms with Crippen LogP contribution in [0.4, 0.5) is 0 Å². The highest BCUT2D eigenvalue weighted by atomic mass is 16.5. The maximum Gasteiger partial charge on any atom is 0.212 e. The van der Waals surface area contributed by atoms with E-state index in [-0.39, 0.29) is 17.4 Å². The van der Waals surface area contributed by atoms with Crippen molar-refractivity contribution in [3.8, 4) is 5.75 Å². The Kier molecular flexibility index (Phi) is 6.38. The van der Waals surface area contributed by atoms with Crippen LogP contribution >= 0.6 is 0 Å². The number of hydrogen-bond donors (Lipinski definition) is 1. The Morgan fingerprint density at radius 2 is 1.84 bits per heavy atom. The first-order valence-corrected chi connectivity index (χ1v) is 5.84. The van der Waals surface area contributed by atoms with E-state index in [9.17, 15) is 9.59 Å². The van der Waals surface area contributed by atoms with E-state index in [2.05, 4.69) is 0 Å². The number of carbonyl (C=O) groups excluding carboxylic acids is 2. The third-order valence-corrected chi connectivity index (χ3v) is 2.28. The zero-order valence-electron chi connectivity index (χ0n) is 11.5. The SMILES string of the molecule is CC(C)(C)Oc1ccc(C[C@H](N)C(=O)C=O)cc1.O. The maximum atomic E-state index is 11.1. The molecular weight excluding hydrogens is 246 g/mol. The predicted octanol–water partition coefficient (Wildman–Crippen LogP) is 0.677. The van der Waals surface area contributed by atoms with Gasteiger partial charge in [-0.15, -0.1) is 0 Å². The third kappa shape index (κ3) is 6.13. The fourth-order valence-electron chi connectivity index (χ4n) is 1.49. The summed E-state index contributed by atoms with van der Waals surface area (Å²) in [7, 11) is 0. The second-order valence-corrected chi connectivity index (χ2v) is 5.19. The Morgan fingerprint density at radius 3 is 2.26 bits per heavy atom. The first-order valence-electron chi connectivity index (χ1n) is 5.84. The average Bonchev–Trinajstić information content (AvgIpc) is 2.28. The lowest BCUT2D eigenvalue weighted by molar-refractivity contribution is -0.130. The number of rotatable bonds is 5. The van der Waals surface area contributed by atoms with E-state index in [1.165, 1.54) is 0 Å². The van der Waals surface area contributed by atoms with Crippen LogP contribution in [-0.2, 0) is 16.0 Å². The normalized spacial score (nSPS) is 12.2. The molecule has 19 heavy (non-hydrogen) atoms. The zero-order valence-corrected chi connectivity index (χ0v) is 11.5. The van der Waals surface area contributed by atoms with Crippen LogP contribution in [0.25, 0.3) is 0 Å². The second kappa shape index (κ2) is 7.01. The average molecular weight is 267 g/mol. The van der Waals surface area contributed by atoms with Crippen molar-refractivity contribution in [2.24, 2.45) is 5.73 Å². The topological polar surface area (TPSA) is 101 Å². The Bertz CT molecular complexity index is 420. The van der Waals surface area contributed by atoms with Crippen molar-refractivity contribution in [1.82, 2.24) is 0 Å². The third-order valence-electron chi connectivity index (χ3n) is 2.28. The lowest BCUT2D eigenvalue weighted by atomic mass is 10.0. The Balaban J connectivity index is 0.00000324. The molecule has 0 aliphatic carbocycles. The summed E-state index contributed by atoms with van der Waals surface area (Å²) in [6.45, 7) is 5.92. The number of ether oxygens (including phenoxy) is 1. The second-order valence-electron chi connectivity index (χ2n) is 5.19. The molecule has 0 saturated carbocycles. The van der Waals surface area contributed by atoms with Crippen molar-refractivity contribution >= 4 is 12.1 Å². The van der Waals surface area contributed by atoms with Crippen molar-refractivity contribution in [2.75, 3.05) is 0 Å². The van der Waals surface area contributed by atoms with Gasteiger partial charge in [0.15, 0.2) is 6.29 Å². The van der Waals surface area contributed by atoms with Gasteiger partial charge in [0.05, 0.1) is 6.04 Å². The summed E-state index contributed by atoms with van der Waals surface area (Å²) < 4.78 is 5.68. The molecule has 0 bridgehead atoms. The highest BCUT2D eigenvalue weighted by molar-refractivity contribution is 6.27. The summed E-state index contributed by atoms with van der Waals surface area (Å²) in [5.41, 5.74) is 6.24. The number of hydrogen-bond acceptors (Lipinski definition) is 4. The van der Waals surface area contributed by atoms with Gasteiger partial charge in [0.1, 0.15) is 11.4 Å². The number of ketones is 1. The summed E-state index contributed by atoms with van der Waals surface area (Å²) in [5.74, 6) is 0.187. The lowest BCUT2D eigenvalue weighted by Gasteiger charge is -2.21.